The van der Waals surface area contributed by atoms with Crippen LogP contribution in [0.1, 0.15) is 27.7 Å². The minimum atomic E-state index is -0.990. The number of nitrogens with one attached hydrogen (secondary N) is 1. The summed E-state index contributed by atoms with van der Waals surface area (Å²) >= 11 is 0. The molecule has 5 nitrogen and oxygen atoms in total. The molecule has 0 radical (unpaired) electrons. The van der Waals surface area contributed by atoms with Crippen LogP contribution in [0.2, 0.25) is 0 Å². The third-order valence-corrected chi connectivity index (χ3v) is 3.79. The van der Waals surface area contributed by atoms with Crippen LogP contribution >= 0.6 is 0 Å². The molecule has 0 spiro atoms. The zero-order valence-corrected chi connectivity index (χ0v) is 13.6. The van der Waals surface area contributed by atoms with Crippen LogP contribution in [0.25, 0.3) is 11.5 Å². The molecule has 1 atom stereocenters. The first-order valence-corrected chi connectivity index (χ1v) is 7.78. The normalized spacial score (nSPS) is 12.0. The van der Waals surface area contributed by atoms with Crippen molar-refractivity contribution in [2.75, 3.05) is 6.54 Å². The van der Waals surface area contributed by atoms with E-state index >= 15 is 0 Å². The van der Waals surface area contributed by atoms with E-state index in [4.69, 9.17) is 4.42 Å². The Labute approximate surface area is 144 Å². The number of amides is 1. The lowest BCUT2D eigenvalue weighted by Gasteiger charge is -2.13. The zero-order valence-electron chi connectivity index (χ0n) is 13.6. The van der Waals surface area contributed by atoms with Gasteiger partial charge in [-0.05, 0) is 48.9 Å². The van der Waals surface area contributed by atoms with Gasteiger partial charge in [0, 0.05) is 6.54 Å². The Bertz CT molecular complexity index is 878. The first kappa shape index (κ1) is 16.9. The number of aryl methyl sites for hydroxylation is 1. The average Bonchev–Trinajstić information content (AvgIpc) is 3.14. The van der Waals surface area contributed by atoms with Crippen LogP contribution in [0.15, 0.2) is 59.2 Å². The number of carbonyl (C=O) groups is 1. The van der Waals surface area contributed by atoms with Crippen molar-refractivity contribution in [2.45, 2.75) is 13.0 Å². The molecule has 0 aliphatic carbocycles. The third-order valence-electron chi connectivity index (χ3n) is 3.79. The van der Waals surface area contributed by atoms with Crippen LogP contribution in [-0.2, 0) is 0 Å². The number of aromatic nitrogens is 1. The van der Waals surface area contributed by atoms with E-state index in [0.717, 1.165) is 0 Å². The van der Waals surface area contributed by atoms with Gasteiger partial charge in [-0.3, -0.25) is 4.79 Å². The zero-order chi connectivity index (χ0) is 17.8. The predicted molar refractivity (Wildman–Crippen MR) is 90.4 cm³/mol. The highest BCUT2D eigenvalue weighted by Crippen LogP contribution is 2.19. The maximum atomic E-state index is 13.2. The van der Waals surface area contributed by atoms with Crippen molar-refractivity contribution in [3.8, 4) is 11.5 Å². The van der Waals surface area contributed by atoms with E-state index < -0.39 is 11.9 Å². The lowest BCUT2D eigenvalue weighted by molar-refractivity contribution is 0.0915. The third kappa shape index (κ3) is 3.92. The summed E-state index contributed by atoms with van der Waals surface area (Å²) in [4.78, 5) is 16.7. The Kier molecular flexibility index (Phi) is 4.90. The van der Waals surface area contributed by atoms with Crippen LogP contribution in [0.4, 0.5) is 4.39 Å². The first-order valence-electron chi connectivity index (χ1n) is 7.78. The minimum absolute atomic E-state index is 0.0261. The van der Waals surface area contributed by atoms with Crippen molar-refractivity contribution in [1.82, 2.24) is 10.3 Å². The van der Waals surface area contributed by atoms with Crippen LogP contribution in [-0.4, -0.2) is 22.5 Å². The number of halogens is 1. The molecule has 0 fully saturated rings. The summed E-state index contributed by atoms with van der Waals surface area (Å²) in [6, 6.07) is 12.6. The van der Waals surface area contributed by atoms with E-state index in [9.17, 15) is 14.3 Å². The number of hydrogen-bond donors (Lipinski definition) is 2. The molecule has 1 aromatic carbocycles. The van der Waals surface area contributed by atoms with Gasteiger partial charge in [-0.2, -0.15) is 0 Å². The molecule has 0 aliphatic heterocycles. The topological polar surface area (TPSA) is 75.4 Å². The molecule has 2 N–H and O–H groups in total. The Morgan fingerprint density at radius 1 is 1.28 bits per heavy atom. The smallest absolute Gasteiger partial charge is 0.253 e. The molecule has 128 valence electrons. The van der Waals surface area contributed by atoms with E-state index in [0.29, 0.717) is 28.3 Å². The molecule has 6 heteroatoms. The maximum absolute atomic E-state index is 13.2. The van der Waals surface area contributed by atoms with Gasteiger partial charge in [0.25, 0.3) is 5.91 Å². The van der Waals surface area contributed by atoms with E-state index in [1.165, 1.54) is 18.2 Å². The van der Waals surface area contributed by atoms with Crippen molar-refractivity contribution in [3.05, 3.63) is 77.4 Å². The number of rotatable bonds is 5. The second-order valence-electron chi connectivity index (χ2n) is 5.59. The fourth-order valence-electron chi connectivity index (χ4n) is 2.48. The number of benzene rings is 1. The van der Waals surface area contributed by atoms with Crippen molar-refractivity contribution < 1.29 is 18.7 Å². The highest BCUT2D eigenvalue weighted by atomic mass is 19.1. The number of furan rings is 1. The van der Waals surface area contributed by atoms with E-state index in [1.54, 1.807) is 43.5 Å². The summed E-state index contributed by atoms with van der Waals surface area (Å²) in [6.45, 7) is 1.70. The highest BCUT2D eigenvalue weighted by Gasteiger charge is 2.15. The van der Waals surface area contributed by atoms with Crippen molar-refractivity contribution in [3.63, 3.8) is 0 Å². The van der Waals surface area contributed by atoms with Gasteiger partial charge in [0.05, 0.1) is 23.6 Å². The molecule has 1 amide bonds. The molecular formula is C19H17FN2O3. The molecule has 25 heavy (non-hydrogen) atoms. The summed E-state index contributed by atoms with van der Waals surface area (Å²) in [7, 11) is 0. The standard InChI is InChI=1S/C19H17FN2O3/c1-12-15(7-8-16(22-12)18-6-3-9-25-18)19(24)21-11-17(23)13-4-2-5-14(20)10-13/h2-10,17,23H,11H2,1H3,(H,21,24). The van der Waals surface area contributed by atoms with Gasteiger partial charge < -0.3 is 14.8 Å². The van der Waals surface area contributed by atoms with E-state index in [2.05, 4.69) is 10.3 Å². The van der Waals surface area contributed by atoms with Crippen molar-refractivity contribution in [2.24, 2.45) is 0 Å². The summed E-state index contributed by atoms with van der Waals surface area (Å²) in [5.41, 5.74) is 2.00. The molecule has 1 unspecified atom stereocenters. The number of pyridine rings is 1. The van der Waals surface area contributed by atoms with Crippen LogP contribution < -0.4 is 5.32 Å². The van der Waals surface area contributed by atoms with Gasteiger partial charge in [0.1, 0.15) is 11.5 Å². The van der Waals surface area contributed by atoms with Crippen LogP contribution in [0, 0.1) is 12.7 Å². The Morgan fingerprint density at radius 3 is 2.80 bits per heavy atom. The number of nitrogens with zero attached hydrogens (tertiary/aromatic N) is 1. The molecule has 0 saturated carbocycles. The number of hydrogen-bond acceptors (Lipinski definition) is 4. The summed E-state index contributed by atoms with van der Waals surface area (Å²) in [5.74, 6) is -0.167. The van der Waals surface area contributed by atoms with Gasteiger partial charge in [0.2, 0.25) is 0 Å². The van der Waals surface area contributed by atoms with Crippen molar-refractivity contribution >= 4 is 5.91 Å². The summed E-state index contributed by atoms with van der Waals surface area (Å²) in [5, 5.41) is 12.7. The minimum Gasteiger partial charge on any atom is -0.463 e. The fraction of sp³-hybridized carbons (Fsp3) is 0.158. The maximum Gasteiger partial charge on any atom is 0.253 e. The van der Waals surface area contributed by atoms with E-state index in [1.807, 2.05) is 0 Å². The molecule has 2 aromatic heterocycles. The molecule has 0 bridgehead atoms. The van der Waals surface area contributed by atoms with Gasteiger partial charge in [-0.15, -0.1) is 0 Å². The average molecular weight is 340 g/mol. The first-order chi connectivity index (χ1) is 12.0. The molecule has 3 aromatic rings. The fourth-order valence-corrected chi connectivity index (χ4v) is 2.48. The Balaban J connectivity index is 1.67. The molecule has 0 aliphatic rings. The number of carbonyl (C=O) groups excluding carboxylic acids is 1. The second-order valence-corrected chi connectivity index (χ2v) is 5.59. The van der Waals surface area contributed by atoms with Crippen LogP contribution in [0.5, 0.6) is 0 Å². The number of aliphatic hydroxyl groups excluding tert-OH is 1. The highest BCUT2D eigenvalue weighted by molar-refractivity contribution is 5.95. The van der Waals surface area contributed by atoms with Crippen molar-refractivity contribution in [1.29, 1.82) is 0 Å². The summed E-state index contributed by atoms with van der Waals surface area (Å²) < 4.78 is 18.5. The molecule has 3 rings (SSSR count). The van der Waals surface area contributed by atoms with Crippen LogP contribution in [0.3, 0.4) is 0 Å². The van der Waals surface area contributed by atoms with E-state index in [-0.39, 0.29) is 12.5 Å². The van der Waals surface area contributed by atoms with Gasteiger partial charge in [-0.25, -0.2) is 9.37 Å². The van der Waals surface area contributed by atoms with Gasteiger partial charge in [0.15, 0.2) is 5.76 Å². The SMILES string of the molecule is Cc1nc(-c2ccco2)ccc1C(=O)NCC(O)c1cccc(F)c1. The lowest BCUT2D eigenvalue weighted by Crippen LogP contribution is -2.29. The molecule has 0 saturated heterocycles. The molecular weight excluding hydrogens is 323 g/mol. The monoisotopic (exact) mass is 340 g/mol. The van der Waals surface area contributed by atoms with Gasteiger partial charge >= 0.3 is 0 Å². The Morgan fingerprint density at radius 2 is 2.12 bits per heavy atom. The predicted octanol–water partition coefficient (Wildman–Crippen LogP) is 3.25. The largest absolute Gasteiger partial charge is 0.463 e. The quantitative estimate of drug-likeness (QED) is 0.747. The lowest BCUT2D eigenvalue weighted by atomic mass is 10.1. The summed E-state index contributed by atoms with van der Waals surface area (Å²) in [6.07, 6.45) is 0.566. The molecule has 2 heterocycles. The second kappa shape index (κ2) is 7.27. The van der Waals surface area contributed by atoms with Gasteiger partial charge in [-0.1, -0.05) is 12.1 Å². The Hall–Kier alpha value is -2.99. The number of aliphatic hydroxyl groups is 1.